The van der Waals surface area contributed by atoms with Crippen molar-refractivity contribution in [2.75, 3.05) is 31.5 Å². The highest BCUT2D eigenvalue weighted by Crippen LogP contribution is 2.38. The van der Waals surface area contributed by atoms with Crippen molar-refractivity contribution >= 4 is 34.2 Å². The minimum atomic E-state index is -0.896. The maximum absolute atomic E-state index is 13.0. The summed E-state index contributed by atoms with van der Waals surface area (Å²) in [5.41, 5.74) is 0.652. The van der Waals surface area contributed by atoms with Crippen LogP contribution in [0.4, 0.5) is 9.80 Å². The summed E-state index contributed by atoms with van der Waals surface area (Å²) in [6, 6.07) is 1.68. The summed E-state index contributed by atoms with van der Waals surface area (Å²) >= 11 is 1.42. The molecule has 30 heavy (non-hydrogen) atoms. The Morgan fingerprint density at radius 3 is 2.70 bits per heavy atom. The predicted octanol–water partition coefficient (Wildman–Crippen LogP) is 2.09. The Hall–Kier alpha value is -2.44. The van der Waals surface area contributed by atoms with Gasteiger partial charge in [0.25, 0.3) is 5.91 Å². The molecule has 2 aliphatic heterocycles. The summed E-state index contributed by atoms with van der Waals surface area (Å²) in [6.45, 7) is 6.44. The van der Waals surface area contributed by atoms with Crippen LogP contribution in [0, 0.1) is 17.2 Å². The van der Waals surface area contributed by atoms with Crippen molar-refractivity contribution < 1.29 is 14.4 Å². The lowest BCUT2D eigenvalue weighted by Gasteiger charge is -2.37. The zero-order chi connectivity index (χ0) is 21.5. The Labute approximate surface area is 180 Å². The SMILES string of the molecule is CC(C)CN1CCC2(CC1)NC(=O)N(CC(=O)Nc1sc3c(c1C#N)CCC3)C2=O. The molecule has 0 radical (unpaired) electrons. The largest absolute Gasteiger partial charge is 0.325 e. The third-order valence-corrected chi connectivity index (χ3v) is 7.37. The van der Waals surface area contributed by atoms with Crippen LogP contribution in [0.5, 0.6) is 0 Å². The number of nitriles is 1. The Morgan fingerprint density at radius 2 is 2.03 bits per heavy atom. The van der Waals surface area contributed by atoms with E-state index >= 15 is 0 Å². The minimum Gasteiger partial charge on any atom is -0.323 e. The highest BCUT2D eigenvalue weighted by molar-refractivity contribution is 7.16. The molecule has 9 heteroatoms. The Morgan fingerprint density at radius 1 is 1.30 bits per heavy atom. The molecule has 2 N–H and O–H groups in total. The van der Waals surface area contributed by atoms with Gasteiger partial charge in [-0.1, -0.05) is 13.8 Å². The lowest BCUT2D eigenvalue weighted by atomic mass is 9.87. The topological polar surface area (TPSA) is 106 Å². The zero-order valence-corrected chi connectivity index (χ0v) is 18.2. The van der Waals surface area contributed by atoms with Gasteiger partial charge >= 0.3 is 6.03 Å². The van der Waals surface area contributed by atoms with Crippen LogP contribution >= 0.6 is 11.3 Å². The van der Waals surface area contributed by atoms with E-state index < -0.39 is 17.5 Å². The summed E-state index contributed by atoms with van der Waals surface area (Å²) in [5.74, 6) is -0.227. The van der Waals surface area contributed by atoms with Crippen LogP contribution in [0.25, 0.3) is 0 Å². The van der Waals surface area contributed by atoms with Crippen molar-refractivity contribution in [2.24, 2.45) is 5.92 Å². The second-order valence-electron chi connectivity index (χ2n) is 8.82. The maximum atomic E-state index is 13.0. The average molecular weight is 430 g/mol. The number of hydrogen-bond donors (Lipinski definition) is 2. The van der Waals surface area contributed by atoms with E-state index in [1.165, 1.54) is 11.3 Å². The van der Waals surface area contributed by atoms with E-state index in [9.17, 15) is 19.6 Å². The summed E-state index contributed by atoms with van der Waals surface area (Å²) in [4.78, 5) is 42.6. The number of rotatable bonds is 5. The van der Waals surface area contributed by atoms with Gasteiger partial charge in [-0.2, -0.15) is 5.26 Å². The number of aryl methyl sites for hydroxylation is 1. The number of anilines is 1. The molecule has 1 spiro atoms. The van der Waals surface area contributed by atoms with E-state index in [4.69, 9.17) is 0 Å². The monoisotopic (exact) mass is 429 g/mol. The van der Waals surface area contributed by atoms with Gasteiger partial charge in [-0.05, 0) is 43.6 Å². The van der Waals surface area contributed by atoms with Gasteiger partial charge in [0.1, 0.15) is 23.2 Å². The number of amides is 4. The van der Waals surface area contributed by atoms with Crippen molar-refractivity contribution in [3.05, 3.63) is 16.0 Å². The minimum absolute atomic E-state index is 0.318. The number of nitrogens with zero attached hydrogens (tertiary/aromatic N) is 3. The number of urea groups is 1. The van der Waals surface area contributed by atoms with Gasteiger partial charge in [-0.15, -0.1) is 11.3 Å². The van der Waals surface area contributed by atoms with Crippen molar-refractivity contribution in [1.29, 1.82) is 5.26 Å². The molecule has 0 atom stereocenters. The molecule has 0 unspecified atom stereocenters. The highest BCUT2D eigenvalue weighted by Gasteiger charge is 2.52. The lowest BCUT2D eigenvalue weighted by molar-refractivity contribution is -0.135. The second kappa shape index (κ2) is 8.00. The highest BCUT2D eigenvalue weighted by atomic mass is 32.1. The molecule has 4 amide bonds. The summed E-state index contributed by atoms with van der Waals surface area (Å²) < 4.78 is 0. The van der Waals surface area contributed by atoms with Crippen molar-refractivity contribution in [3.8, 4) is 6.07 Å². The van der Waals surface area contributed by atoms with Crippen molar-refractivity contribution in [2.45, 2.75) is 51.5 Å². The molecule has 1 aromatic rings. The van der Waals surface area contributed by atoms with Crippen LogP contribution in [0.1, 0.15) is 49.1 Å². The van der Waals surface area contributed by atoms with Crippen LogP contribution < -0.4 is 10.6 Å². The molecule has 2 fully saturated rings. The van der Waals surface area contributed by atoms with Gasteiger partial charge in [0.2, 0.25) is 5.91 Å². The first kappa shape index (κ1) is 20.8. The fourth-order valence-electron chi connectivity index (χ4n) is 4.71. The van der Waals surface area contributed by atoms with E-state index in [0.29, 0.717) is 29.3 Å². The first-order valence-electron chi connectivity index (χ1n) is 10.5. The van der Waals surface area contributed by atoms with Gasteiger partial charge in [-0.25, -0.2) is 4.79 Å². The smallest absolute Gasteiger partial charge is 0.323 e. The zero-order valence-electron chi connectivity index (χ0n) is 17.4. The number of thiophene rings is 1. The maximum Gasteiger partial charge on any atom is 0.325 e. The molecule has 0 saturated carbocycles. The number of fused-ring (bicyclic) bond motifs is 1. The molecule has 2 saturated heterocycles. The van der Waals surface area contributed by atoms with Gasteiger partial charge in [-0.3, -0.25) is 14.5 Å². The first-order chi connectivity index (χ1) is 14.3. The second-order valence-corrected chi connectivity index (χ2v) is 9.92. The molecule has 8 nitrogen and oxygen atoms in total. The van der Waals surface area contributed by atoms with Crippen LogP contribution in [-0.4, -0.2) is 59.4 Å². The van der Waals surface area contributed by atoms with Crippen molar-refractivity contribution in [3.63, 3.8) is 0 Å². The molecule has 160 valence electrons. The first-order valence-corrected chi connectivity index (χ1v) is 11.4. The molecule has 3 heterocycles. The van der Waals surface area contributed by atoms with E-state index in [1.807, 2.05) is 0 Å². The third kappa shape index (κ3) is 3.70. The van der Waals surface area contributed by atoms with Crippen LogP contribution in [-0.2, 0) is 22.4 Å². The molecule has 1 aliphatic carbocycles. The van der Waals surface area contributed by atoms with Gasteiger partial charge in [0.15, 0.2) is 0 Å². The Kier molecular flexibility index (Phi) is 5.55. The van der Waals surface area contributed by atoms with Crippen LogP contribution in [0.3, 0.4) is 0 Å². The van der Waals surface area contributed by atoms with Crippen LogP contribution in [0.2, 0.25) is 0 Å². The standard InChI is InChI=1S/C21H27N5O3S/c1-13(2)11-25-8-6-21(7-9-25)19(28)26(20(29)24-21)12-17(27)23-18-15(10-22)14-4-3-5-16(14)30-18/h13H,3-9,11-12H2,1-2H3,(H,23,27)(H,24,29). The number of nitrogens with one attached hydrogen (secondary N) is 2. The number of piperidine rings is 1. The number of carbonyl (C=O) groups excluding carboxylic acids is 3. The molecular formula is C21H27N5O3S. The Balaban J connectivity index is 1.40. The molecule has 1 aromatic heterocycles. The molecule has 0 bridgehead atoms. The molecule has 4 rings (SSSR count). The quantitative estimate of drug-likeness (QED) is 0.697. The van der Waals surface area contributed by atoms with Gasteiger partial charge < -0.3 is 15.5 Å². The summed E-state index contributed by atoms with van der Waals surface area (Å²) in [7, 11) is 0. The third-order valence-electron chi connectivity index (χ3n) is 6.17. The van der Waals surface area contributed by atoms with E-state index in [1.54, 1.807) is 0 Å². The fourth-order valence-corrected chi connectivity index (χ4v) is 5.97. The fraction of sp³-hybridized carbons (Fsp3) is 0.619. The average Bonchev–Trinajstić information content (AvgIpc) is 3.32. The lowest BCUT2D eigenvalue weighted by Crippen LogP contribution is -2.55. The van der Waals surface area contributed by atoms with E-state index in [-0.39, 0.29) is 12.5 Å². The number of carbonyl (C=O) groups is 3. The van der Waals surface area contributed by atoms with E-state index in [0.717, 1.165) is 54.2 Å². The molecule has 3 aliphatic rings. The van der Waals surface area contributed by atoms with Crippen molar-refractivity contribution in [1.82, 2.24) is 15.1 Å². The predicted molar refractivity (Wildman–Crippen MR) is 113 cm³/mol. The number of imide groups is 1. The number of hydrogen-bond acceptors (Lipinski definition) is 6. The molecule has 0 aromatic carbocycles. The van der Waals surface area contributed by atoms with E-state index in [2.05, 4.69) is 35.5 Å². The van der Waals surface area contributed by atoms with Gasteiger partial charge in [0, 0.05) is 24.5 Å². The van der Waals surface area contributed by atoms with Gasteiger partial charge in [0.05, 0.1) is 5.56 Å². The summed E-state index contributed by atoms with van der Waals surface area (Å²) in [6.07, 6.45) is 3.92. The molecular weight excluding hydrogens is 402 g/mol. The Bertz CT molecular complexity index is 924. The number of likely N-dealkylation sites (tertiary alicyclic amines) is 1. The normalized spacial score (nSPS) is 20.5. The van der Waals surface area contributed by atoms with Crippen LogP contribution in [0.15, 0.2) is 0 Å². The summed E-state index contributed by atoms with van der Waals surface area (Å²) in [5, 5.41) is 15.6.